The molecule has 1 fully saturated rings. The molecule has 98 valence electrons. The van der Waals surface area contributed by atoms with Crippen molar-refractivity contribution in [3.05, 3.63) is 22.7 Å². The molecular formula is C11H14ClN3O2S. The molecule has 1 N–H and O–H groups in total. The number of hydrogen-bond donors (Lipinski definition) is 1. The average Bonchev–Trinajstić information content (AvgIpc) is 3.00. The molecule has 7 heteroatoms. The first kappa shape index (κ1) is 13.5. The molecule has 2 aromatic heterocycles. The molecular weight excluding hydrogens is 274 g/mol. The number of thiophene rings is 1. The fraction of sp³-hybridized carbons (Fsp3) is 0.455. The van der Waals surface area contributed by atoms with Crippen LogP contribution in [0.25, 0.3) is 11.4 Å². The van der Waals surface area contributed by atoms with Crippen LogP contribution in [0.1, 0.15) is 5.89 Å². The number of morpholine rings is 1. The van der Waals surface area contributed by atoms with Gasteiger partial charge in [-0.05, 0) is 11.4 Å². The van der Waals surface area contributed by atoms with Gasteiger partial charge in [0.25, 0.3) is 0 Å². The summed E-state index contributed by atoms with van der Waals surface area (Å²) in [5.41, 5.74) is 1.01. The number of aromatic nitrogens is 2. The van der Waals surface area contributed by atoms with E-state index < -0.39 is 0 Å². The lowest BCUT2D eigenvalue weighted by molar-refractivity contribution is 0.0246. The van der Waals surface area contributed by atoms with Crippen LogP contribution in [-0.4, -0.2) is 35.9 Å². The zero-order chi connectivity index (χ0) is 11.5. The standard InChI is InChI=1S/C11H13N3O2S.ClH/c1-4-17-7-8(1)11-13-10(16-14-11)5-9-6-12-2-3-15-9;/h1,4,7,9,12H,2-3,5-6H2;1H. The molecule has 0 aliphatic carbocycles. The Morgan fingerprint density at radius 1 is 1.50 bits per heavy atom. The van der Waals surface area contributed by atoms with E-state index in [4.69, 9.17) is 9.26 Å². The first-order valence-electron chi connectivity index (χ1n) is 5.59. The second kappa shape index (κ2) is 6.29. The number of ether oxygens (including phenoxy) is 1. The zero-order valence-electron chi connectivity index (χ0n) is 9.67. The van der Waals surface area contributed by atoms with Crippen molar-refractivity contribution in [2.24, 2.45) is 0 Å². The van der Waals surface area contributed by atoms with Crippen LogP contribution >= 0.6 is 23.7 Å². The predicted octanol–water partition coefficient (Wildman–Crippen LogP) is 1.75. The Labute approximate surface area is 115 Å². The van der Waals surface area contributed by atoms with Crippen LogP contribution in [-0.2, 0) is 11.2 Å². The monoisotopic (exact) mass is 287 g/mol. The molecule has 1 aliphatic rings. The highest BCUT2D eigenvalue weighted by Gasteiger charge is 2.18. The van der Waals surface area contributed by atoms with Crippen molar-refractivity contribution in [1.29, 1.82) is 0 Å². The Bertz CT molecular complexity index is 468. The highest BCUT2D eigenvalue weighted by molar-refractivity contribution is 7.08. The van der Waals surface area contributed by atoms with Crippen LogP contribution in [0.3, 0.4) is 0 Å². The van der Waals surface area contributed by atoms with Crippen LogP contribution < -0.4 is 5.32 Å². The molecule has 0 bridgehead atoms. The molecule has 1 atom stereocenters. The summed E-state index contributed by atoms with van der Waals surface area (Å²) in [6, 6.07) is 1.98. The van der Waals surface area contributed by atoms with Gasteiger partial charge in [-0.3, -0.25) is 0 Å². The first-order valence-corrected chi connectivity index (χ1v) is 6.53. The van der Waals surface area contributed by atoms with E-state index in [-0.39, 0.29) is 18.5 Å². The molecule has 3 rings (SSSR count). The van der Waals surface area contributed by atoms with Crippen molar-refractivity contribution < 1.29 is 9.26 Å². The molecule has 0 aromatic carbocycles. The summed E-state index contributed by atoms with van der Waals surface area (Å²) in [6.45, 7) is 2.51. The minimum absolute atomic E-state index is 0. The Morgan fingerprint density at radius 2 is 2.44 bits per heavy atom. The number of rotatable bonds is 3. The van der Waals surface area contributed by atoms with Gasteiger partial charge in [-0.25, -0.2) is 0 Å². The molecule has 0 spiro atoms. The summed E-state index contributed by atoms with van der Waals surface area (Å²) in [6.07, 6.45) is 0.809. The number of hydrogen-bond acceptors (Lipinski definition) is 6. The summed E-state index contributed by atoms with van der Waals surface area (Å²) in [4.78, 5) is 4.37. The minimum atomic E-state index is 0. The van der Waals surface area contributed by atoms with Crippen molar-refractivity contribution in [3.8, 4) is 11.4 Å². The van der Waals surface area contributed by atoms with Crippen molar-refractivity contribution >= 4 is 23.7 Å². The average molecular weight is 288 g/mol. The third-order valence-electron chi connectivity index (χ3n) is 2.65. The highest BCUT2D eigenvalue weighted by Crippen LogP contribution is 2.19. The van der Waals surface area contributed by atoms with E-state index >= 15 is 0 Å². The lowest BCUT2D eigenvalue weighted by Gasteiger charge is -2.21. The van der Waals surface area contributed by atoms with E-state index in [9.17, 15) is 0 Å². The topological polar surface area (TPSA) is 60.2 Å². The molecule has 0 radical (unpaired) electrons. The molecule has 1 unspecified atom stereocenters. The van der Waals surface area contributed by atoms with Crippen molar-refractivity contribution in [3.63, 3.8) is 0 Å². The number of nitrogens with one attached hydrogen (secondary N) is 1. The fourth-order valence-corrected chi connectivity index (χ4v) is 2.43. The lowest BCUT2D eigenvalue weighted by atomic mass is 10.2. The van der Waals surface area contributed by atoms with Crippen LogP contribution in [0.4, 0.5) is 0 Å². The maximum atomic E-state index is 5.59. The van der Waals surface area contributed by atoms with E-state index in [1.165, 1.54) is 0 Å². The SMILES string of the molecule is Cl.c1cc(-c2noc(CC3CNCCO3)n2)cs1. The van der Waals surface area contributed by atoms with Gasteiger partial charge in [0, 0.05) is 24.0 Å². The van der Waals surface area contributed by atoms with Crippen molar-refractivity contribution in [1.82, 2.24) is 15.5 Å². The van der Waals surface area contributed by atoms with Gasteiger partial charge < -0.3 is 14.6 Å². The Balaban J connectivity index is 0.00000120. The smallest absolute Gasteiger partial charge is 0.229 e. The third-order valence-corrected chi connectivity index (χ3v) is 3.34. The van der Waals surface area contributed by atoms with Gasteiger partial charge in [0.05, 0.1) is 19.1 Å². The van der Waals surface area contributed by atoms with E-state index in [2.05, 4.69) is 15.5 Å². The summed E-state index contributed by atoms with van der Waals surface area (Å²) in [5, 5.41) is 11.3. The molecule has 0 saturated carbocycles. The maximum absolute atomic E-state index is 5.59. The lowest BCUT2D eigenvalue weighted by Crippen LogP contribution is -2.39. The van der Waals surface area contributed by atoms with Crippen molar-refractivity contribution in [2.75, 3.05) is 19.7 Å². The van der Waals surface area contributed by atoms with Crippen LogP contribution in [0.5, 0.6) is 0 Å². The fourth-order valence-electron chi connectivity index (χ4n) is 1.79. The third kappa shape index (κ3) is 3.08. The van der Waals surface area contributed by atoms with Crippen LogP contribution in [0, 0.1) is 0 Å². The predicted molar refractivity (Wildman–Crippen MR) is 71.2 cm³/mol. The Kier molecular flexibility index (Phi) is 4.71. The van der Waals surface area contributed by atoms with Gasteiger partial charge in [-0.15, -0.1) is 12.4 Å². The van der Waals surface area contributed by atoms with Crippen LogP contribution in [0.15, 0.2) is 21.3 Å². The van der Waals surface area contributed by atoms with E-state index in [0.717, 1.165) is 25.3 Å². The van der Waals surface area contributed by atoms with Gasteiger partial charge in [0.2, 0.25) is 11.7 Å². The molecule has 3 heterocycles. The van der Waals surface area contributed by atoms with Gasteiger partial charge in [0.15, 0.2) is 0 Å². The molecule has 0 amide bonds. The highest BCUT2D eigenvalue weighted by atomic mass is 35.5. The van der Waals surface area contributed by atoms with Gasteiger partial charge >= 0.3 is 0 Å². The molecule has 18 heavy (non-hydrogen) atoms. The quantitative estimate of drug-likeness (QED) is 0.932. The van der Waals surface area contributed by atoms with Crippen LogP contribution in [0.2, 0.25) is 0 Å². The number of nitrogens with zero attached hydrogens (tertiary/aromatic N) is 2. The Hall–Kier alpha value is -0.950. The van der Waals surface area contributed by atoms with E-state index in [1.807, 2.05) is 16.8 Å². The molecule has 2 aromatic rings. The second-order valence-corrected chi connectivity index (χ2v) is 4.70. The molecule has 5 nitrogen and oxygen atoms in total. The summed E-state index contributed by atoms with van der Waals surface area (Å²) >= 11 is 1.62. The summed E-state index contributed by atoms with van der Waals surface area (Å²) < 4.78 is 10.8. The van der Waals surface area contributed by atoms with Gasteiger partial charge in [-0.1, -0.05) is 5.16 Å². The normalized spacial score (nSPS) is 19.4. The zero-order valence-corrected chi connectivity index (χ0v) is 11.3. The van der Waals surface area contributed by atoms with Gasteiger partial charge in [-0.2, -0.15) is 16.3 Å². The molecule has 1 saturated heterocycles. The van der Waals surface area contributed by atoms with E-state index in [1.54, 1.807) is 11.3 Å². The van der Waals surface area contributed by atoms with Crippen molar-refractivity contribution in [2.45, 2.75) is 12.5 Å². The summed E-state index contributed by atoms with van der Waals surface area (Å²) in [7, 11) is 0. The first-order chi connectivity index (χ1) is 8.42. The minimum Gasteiger partial charge on any atom is -0.375 e. The summed E-state index contributed by atoms with van der Waals surface area (Å²) in [5.74, 6) is 1.30. The van der Waals surface area contributed by atoms with E-state index in [0.29, 0.717) is 18.1 Å². The Morgan fingerprint density at radius 3 is 3.17 bits per heavy atom. The second-order valence-electron chi connectivity index (χ2n) is 3.92. The van der Waals surface area contributed by atoms with Gasteiger partial charge in [0.1, 0.15) is 0 Å². The molecule has 1 aliphatic heterocycles. The maximum Gasteiger partial charge on any atom is 0.229 e. The largest absolute Gasteiger partial charge is 0.375 e. The number of halogens is 1.